The van der Waals surface area contributed by atoms with Crippen LogP contribution in [0, 0.1) is 0 Å². The second-order valence-corrected chi connectivity index (χ2v) is 17.8. The minimum atomic E-state index is 1.11. The summed E-state index contributed by atoms with van der Waals surface area (Å²) in [5.74, 6) is 0. The second-order valence-electron chi connectivity index (χ2n) is 15.7. The van der Waals surface area contributed by atoms with E-state index in [-0.39, 0.29) is 0 Å². The molecule has 10 aromatic carbocycles. The van der Waals surface area contributed by atoms with Gasteiger partial charge in [0.1, 0.15) is 0 Å². The van der Waals surface area contributed by atoms with Gasteiger partial charge >= 0.3 is 0 Å². The Morgan fingerprint density at radius 1 is 0.274 bits per heavy atom. The molecule has 0 saturated heterocycles. The number of benzene rings is 10. The quantitative estimate of drug-likeness (QED) is 0.151. The molecule has 0 fully saturated rings. The fraction of sp³-hybridized carbons (Fsp3) is 0. The molecular weight excluding hydrogens is 789 g/mol. The van der Waals surface area contributed by atoms with Gasteiger partial charge in [0.15, 0.2) is 0 Å². The number of hydrogen-bond donors (Lipinski definition) is 0. The van der Waals surface area contributed by atoms with Crippen LogP contribution in [0.15, 0.2) is 231 Å². The number of nitrogens with zero attached hydrogens (tertiary/aromatic N) is 2. The van der Waals surface area contributed by atoms with E-state index in [1.165, 1.54) is 51.1 Å². The smallest absolute Gasteiger partial charge is 0.0640 e. The number of fused-ring (bicyclic) bond motifs is 7. The summed E-state index contributed by atoms with van der Waals surface area (Å²) in [6.45, 7) is 0. The summed E-state index contributed by atoms with van der Waals surface area (Å²) in [6, 6.07) is 84.3. The van der Waals surface area contributed by atoms with Gasteiger partial charge in [-0.15, -0.1) is 22.7 Å². The van der Waals surface area contributed by atoms with Gasteiger partial charge in [-0.3, -0.25) is 0 Å². The van der Waals surface area contributed by atoms with Crippen molar-refractivity contribution in [1.82, 2.24) is 0 Å². The van der Waals surface area contributed by atoms with Crippen LogP contribution in [0.4, 0.5) is 34.1 Å². The van der Waals surface area contributed by atoms with Gasteiger partial charge in [-0.05, 0) is 94.7 Å². The highest BCUT2D eigenvalue weighted by Gasteiger charge is 2.25. The Labute approximate surface area is 368 Å². The van der Waals surface area contributed by atoms with Crippen LogP contribution in [0.2, 0.25) is 0 Å². The molecule has 0 radical (unpaired) electrons. The van der Waals surface area contributed by atoms with Crippen LogP contribution in [0.1, 0.15) is 0 Å². The summed E-state index contributed by atoms with van der Waals surface area (Å²) in [5, 5.41) is 7.46. The Morgan fingerprint density at radius 3 is 1.05 bits per heavy atom. The molecule has 0 saturated carbocycles. The number of thiophene rings is 2. The average molecular weight is 827 g/mol. The molecule has 0 aliphatic carbocycles. The molecule has 0 aliphatic rings. The van der Waals surface area contributed by atoms with Crippen molar-refractivity contribution in [3.05, 3.63) is 231 Å². The summed E-state index contributed by atoms with van der Waals surface area (Å²) in [4.78, 5) is 4.96. The van der Waals surface area contributed by atoms with Crippen molar-refractivity contribution in [3.8, 4) is 22.3 Å². The van der Waals surface area contributed by atoms with E-state index in [2.05, 4.69) is 240 Å². The first-order valence-corrected chi connectivity index (χ1v) is 22.6. The third-order valence-electron chi connectivity index (χ3n) is 12.0. The molecule has 0 spiro atoms. The van der Waals surface area contributed by atoms with Crippen LogP contribution in [0.25, 0.3) is 73.4 Å². The normalized spacial score (nSPS) is 11.5. The Balaban J connectivity index is 1.17. The fourth-order valence-electron chi connectivity index (χ4n) is 9.18. The fourth-order valence-corrected chi connectivity index (χ4v) is 11.6. The lowest BCUT2D eigenvalue weighted by atomic mass is 9.93. The lowest BCUT2D eigenvalue weighted by Crippen LogP contribution is -2.12. The van der Waals surface area contributed by atoms with E-state index in [1.807, 2.05) is 22.7 Å². The molecule has 0 bridgehead atoms. The molecule has 4 heteroatoms. The first kappa shape index (κ1) is 36.4. The maximum absolute atomic E-state index is 2.48. The summed E-state index contributed by atoms with van der Waals surface area (Å²) in [6.07, 6.45) is 0. The number of rotatable bonds is 8. The van der Waals surface area contributed by atoms with E-state index in [4.69, 9.17) is 0 Å². The van der Waals surface area contributed by atoms with Crippen molar-refractivity contribution in [2.24, 2.45) is 0 Å². The maximum Gasteiger partial charge on any atom is 0.0640 e. The minimum absolute atomic E-state index is 1.11. The van der Waals surface area contributed by atoms with E-state index < -0.39 is 0 Å². The largest absolute Gasteiger partial charge is 0.308 e. The predicted octanol–water partition coefficient (Wildman–Crippen LogP) is 17.8. The Morgan fingerprint density at radius 2 is 0.629 bits per heavy atom. The van der Waals surface area contributed by atoms with Gasteiger partial charge in [0, 0.05) is 53.4 Å². The average Bonchev–Trinajstić information content (AvgIpc) is 3.92. The molecule has 292 valence electrons. The van der Waals surface area contributed by atoms with Crippen LogP contribution in [0.5, 0.6) is 0 Å². The molecule has 12 aromatic rings. The van der Waals surface area contributed by atoms with Crippen LogP contribution in [-0.4, -0.2) is 0 Å². The van der Waals surface area contributed by atoms with Gasteiger partial charge < -0.3 is 9.80 Å². The summed E-state index contributed by atoms with van der Waals surface area (Å²) >= 11 is 3.73. The van der Waals surface area contributed by atoms with Crippen molar-refractivity contribution < 1.29 is 0 Å². The van der Waals surface area contributed by atoms with Gasteiger partial charge in [-0.1, -0.05) is 158 Å². The standard InChI is InChI=1S/C58H38N2S2/c1-5-19-39(20-6-1)49-35-41-38-54(60(44-25-11-4-12-26-44)52-32-18-30-48-46-28-14-16-34-56(46)62-58(48)52)50(40-21-7-2-8-22-40)36-42(41)37-53(49)59(43-23-9-3-10-24-43)51-31-17-29-47-45-27-13-15-33-55(45)61-57(47)51/h1-38H. The Bertz CT molecular complexity index is 3340. The molecule has 0 aliphatic heterocycles. The van der Waals surface area contributed by atoms with Crippen molar-refractivity contribution >= 4 is 108 Å². The van der Waals surface area contributed by atoms with Crippen molar-refractivity contribution in [2.45, 2.75) is 0 Å². The van der Waals surface area contributed by atoms with E-state index >= 15 is 0 Å². The van der Waals surface area contributed by atoms with Crippen molar-refractivity contribution in [2.75, 3.05) is 9.80 Å². The summed E-state index contributed by atoms with van der Waals surface area (Å²) in [7, 11) is 0. The zero-order valence-electron chi connectivity index (χ0n) is 33.7. The maximum atomic E-state index is 2.48. The van der Waals surface area contributed by atoms with E-state index in [0.29, 0.717) is 0 Å². The predicted molar refractivity (Wildman–Crippen MR) is 270 cm³/mol. The topological polar surface area (TPSA) is 6.48 Å². The molecule has 62 heavy (non-hydrogen) atoms. The zero-order valence-corrected chi connectivity index (χ0v) is 35.3. The van der Waals surface area contributed by atoms with Crippen LogP contribution >= 0.6 is 22.7 Å². The zero-order chi connectivity index (χ0) is 41.0. The van der Waals surface area contributed by atoms with E-state index in [0.717, 1.165) is 56.4 Å². The summed E-state index contributed by atoms with van der Waals surface area (Å²) in [5.41, 5.74) is 11.5. The number of hydrogen-bond acceptors (Lipinski definition) is 4. The molecule has 2 heterocycles. The van der Waals surface area contributed by atoms with Crippen molar-refractivity contribution in [1.29, 1.82) is 0 Å². The molecule has 0 amide bonds. The molecule has 0 atom stereocenters. The molecule has 12 rings (SSSR count). The van der Waals surface area contributed by atoms with Gasteiger partial charge in [0.05, 0.1) is 32.1 Å². The third kappa shape index (κ3) is 6.15. The van der Waals surface area contributed by atoms with Crippen LogP contribution in [0.3, 0.4) is 0 Å². The van der Waals surface area contributed by atoms with Gasteiger partial charge in [0.2, 0.25) is 0 Å². The second kappa shape index (κ2) is 15.2. The van der Waals surface area contributed by atoms with Crippen LogP contribution in [-0.2, 0) is 0 Å². The van der Waals surface area contributed by atoms with Crippen LogP contribution < -0.4 is 9.80 Å². The molecule has 0 N–H and O–H groups in total. The van der Waals surface area contributed by atoms with Crippen molar-refractivity contribution in [3.63, 3.8) is 0 Å². The molecular formula is C58H38N2S2. The monoisotopic (exact) mass is 826 g/mol. The minimum Gasteiger partial charge on any atom is -0.308 e. The first-order chi connectivity index (χ1) is 30.8. The summed E-state index contributed by atoms with van der Waals surface area (Å²) < 4.78 is 5.12. The third-order valence-corrected chi connectivity index (χ3v) is 14.4. The first-order valence-electron chi connectivity index (χ1n) is 21.0. The number of para-hydroxylation sites is 2. The van der Waals surface area contributed by atoms with Gasteiger partial charge in [0.25, 0.3) is 0 Å². The Kier molecular flexibility index (Phi) is 8.91. The number of anilines is 6. The lowest BCUT2D eigenvalue weighted by molar-refractivity contribution is 1.30. The molecule has 0 unspecified atom stereocenters. The SMILES string of the molecule is c1ccc(-c2cc3cc(N(c4ccccc4)c4cccc5c4sc4ccccc45)c(-c4ccccc4)cc3cc2N(c2ccccc2)c2cccc3c2sc2ccccc23)cc1. The highest BCUT2D eigenvalue weighted by Crippen LogP contribution is 2.51. The highest BCUT2D eigenvalue weighted by molar-refractivity contribution is 7.26. The molecule has 2 aromatic heterocycles. The molecule has 2 nitrogen and oxygen atoms in total. The Hall–Kier alpha value is -7.50. The van der Waals surface area contributed by atoms with E-state index in [1.54, 1.807) is 0 Å². The van der Waals surface area contributed by atoms with E-state index in [9.17, 15) is 0 Å². The lowest BCUT2D eigenvalue weighted by Gasteiger charge is -2.30. The van der Waals surface area contributed by atoms with Gasteiger partial charge in [-0.25, -0.2) is 0 Å². The van der Waals surface area contributed by atoms with Gasteiger partial charge in [-0.2, -0.15) is 0 Å². The highest BCUT2D eigenvalue weighted by atomic mass is 32.1.